The van der Waals surface area contributed by atoms with Gasteiger partial charge in [-0.05, 0) is 43.2 Å². The third kappa shape index (κ3) is 3.77. The number of carbonyl (C=O) groups is 2. The van der Waals surface area contributed by atoms with Gasteiger partial charge >= 0.3 is 0 Å². The molecule has 0 aliphatic carbocycles. The maximum absolute atomic E-state index is 13.3. The molecular weight excluding hydrogens is 340 g/mol. The summed E-state index contributed by atoms with van der Waals surface area (Å²) >= 11 is 0. The number of anilines is 2. The van der Waals surface area contributed by atoms with Crippen molar-refractivity contribution in [3.8, 4) is 0 Å². The zero-order chi connectivity index (χ0) is 18.8. The van der Waals surface area contributed by atoms with Crippen molar-refractivity contribution in [3.63, 3.8) is 0 Å². The van der Waals surface area contributed by atoms with E-state index in [1.807, 2.05) is 32.0 Å². The molecule has 1 N–H and O–H groups in total. The molecule has 0 spiro atoms. The number of aryl methyl sites for hydroxylation is 2. The molecule has 1 aliphatic rings. The molecule has 1 heterocycles. The minimum Gasteiger partial charge on any atom is -0.321 e. The number of rotatable bonds is 3. The largest absolute Gasteiger partial charge is 0.321 e. The van der Waals surface area contributed by atoms with Crippen LogP contribution in [0, 0.1) is 25.5 Å². The predicted molar refractivity (Wildman–Crippen MR) is 95.1 cm³/mol. The van der Waals surface area contributed by atoms with E-state index in [2.05, 4.69) is 10.4 Å². The van der Waals surface area contributed by atoms with E-state index in [1.165, 1.54) is 5.01 Å². The fraction of sp³-hybridized carbons (Fsp3) is 0.211. The molecule has 7 heteroatoms. The number of hydrogen-bond donors (Lipinski definition) is 1. The Morgan fingerprint density at radius 1 is 1.08 bits per heavy atom. The van der Waals surface area contributed by atoms with Gasteiger partial charge in [0.15, 0.2) is 0 Å². The van der Waals surface area contributed by atoms with Crippen molar-refractivity contribution >= 4 is 28.9 Å². The summed E-state index contributed by atoms with van der Waals surface area (Å²) in [7, 11) is 0. The lowest BCUT2D eigenvalue weighted by atomic mass is 10.1. The Morgan fingerprint density at radius 3 is 2.46 bits per heavy atom. The molecular formula is C19H17F2N3O2. The highest BCUT2D eigenvalue weighted by atomic mass is 19.1. The van der Waals surface area contributed by atoms with Gasteiger partial charge in [0, 0.05) is 24.6 Å². The van der Waals surface area contributed by atoms with Crippen LogP contribution in [0.2, 0.25) is 0 Å². The fourth-order valence-corrected chi connectivity index (χ4v) is 2.68. The highest BCUT2D eigenvalue weighted by Crippen LogP contribution is 2.25. The van der Waals surface area contributed by atoms with Crippen molar-refractivity contribution in [3.05, 3.63) is 59.2 Å². The molecule has 2 aromatic rings. The zero-order valence-corrected chi connectivity index (χ0v) is 14.3. The van der Waals surface area contributed by atoms with E-state index >= 15 is 0 Å². The molecule has 0 unspecified atom stereocenters. The Balaban J connectivity index is 1.88. The number of nitrogens with zero attached hydrogens (tertiary/aromatic N) is 2. The first-order valence-electron chi connectivity index (χ1n) is 8.08. The third-order valence-electron chi connectivity index (χ3n) is 4.01. The van der Waals surface area contributed by atoms with Gasteiger partial charge in [-0.1, -0.05) is 12.1 Å². The number of nitrogens with one attached hydrogen (secondary N) is 1. The number of amides is 2. The lowest BCUT2D eigenvalue weighted by molar-refractivity contribution is -0.118. The molecule has 1 aliphatic heterocycles. The molecule has 0 aromatic heterocycles. The van der Waals surface area contributed by atoms with Crippen LogP contribution in [0.3, 0.4) is 0 Å². The molecule has 0 saturated heterocycles. The van der Waals surface area contributed by atoms with E-state index in [9.17, 15) is 18.4 Å². The maximum atomic E-state index is 13.3. The number of carbonyl (C=O) groups excluding carboxylic acids is 2. The lowest BCUT2D eigenvalue weighted by Crippen LogP contribution is -2.36. The second-order valence-electron chi connectivity index (χ2n) is 6.15. The average molecular weight is 357 g/mol. The second kappa shape index (κ2) is 7.03. The van der Waals surface area contributed by atoms with Crippen molar-refractivity contribution in [2.75, 3.05) is 10.3 Å². The van der Waals surface area contributed by atoms with Crippen LogP contribution >= 0.6 is 0 Å². The van der Waals surface area contributed by atoms with Gasteiger partial charge < -0.3 is 5.32 Å². The number of halogens is 2. The summed E-state index contributed by atoms with van der Waals surface area (Å²) in [6.07, 6.45) is 0.279. The van der Waals surface area contributed by atoms with Crippen LogP contribution in [0.4, 0.5) is 20.2 Å². The first-order valence-corrected chi connectivity index (χ1v) is 8.08. The lowest BCUT2D eigenvalue weighted by Gasteiger charge is -2.24. The van der Waals surface area contributed by atoms with E-state index < -0.39 is 17.5 Å². The third-order valence-corrected chi connectivity index (χ3v) is 4.01. The van der Waals surface area contributed by atoms with Gasteiger partial charge in [-0.25, -0.2) is 13.8 Å². The van der Waals surface area contributed by atoms with Gasteiger partial charge in [0.05, 0.1) is 5.69 Å². The Labute approximate surface area is 149 Å². The summed E-state index contributed by atoms with van der Waals surface area (Å²) in [5, 5.41) is 7.81. The van der Waals surface area contributed by atoms with Gasteiger partial charge in [0.1, 0.15) is 17.3 Å². The Kier molecular flexibility index (Phi) is 4.79. The Bertz CT molecular complexity index is 905. The summed E-state index contributed by atoms with van der Waals surface area (Å²) in [5.74, 6) is -2.40. The minimum atomic E-state index is -0.793. The number of benzene rings is 2. The molecule has 3 rings (SSSR count). The van der Waals surface area contributed by atoms with Crippen molar-refractivity contribution < 1.29 is 18.4 Å². The molecule has 26 heavy (non-hydrogen) atoms. The SMILES string of the molecule is Cc1ccc(C)c(N2N=C(C(=O)Nc3cc(F)cc(F)c3)CCC2=O)c1. The van der Waals surface area contributed by atoms with Crippen LogP contribution in [-0.2, 0) is 9.59 Å². The fourth-order valence-electron chi connectivity index (χ4n) is 2.68. The minimum absolute atomic E-state index is 0.00890. The van der Waals surface area contributed by atoms with Crippen LogP contribution in [0.1, 0.15) is 24.0 Å². The van der Waals surface area contributed by atoms with Crippen LogP contribution in [0.25, 0.3) is 0 Å². The normalized spacial score (nSPS) is 14.2. The highest BCUT2D eigenvalue weighted by molar-refractivity contribution is 6.44. The topological polar surface area (TPSA) is 61.8 Å². The second-order valence-corrected chi connectivity index (χ2v) is 6.15. The first-order chi connectivity index (χ1) is 12.3. The van der Waals surface area contributed by atoms with Gasteiger partial charge in [-0.3, -0.25) is 9.59 Å². The van der Waals surface area contributed by atoms with Crippen LogP contribution in [0.15, 0.2) is 41.5 Å². The van der Waals surface area contributed by atoms with Crippen LogP contribution in [-0.4, -0.2) is 17.5 Å². The number of hydrogen-bond acceptors (Lipinski definition) is 3. The molecule has 0 bridgehead atoms. The van der Waals surface area contributed by atoms with Crippen molar-refractivity contribution in [2.24, 2.45) is 5.10 Å². The van der Waals surface area contributed by atoms with Crippen molar-refractivity contribution in [1.29, 1.82) is 0 Å². The highest BCUT2D eigenvalue weighted by Gasteiger charge is 2.26. The quantitative estimate of drug-likeness (QED) is 0.910. The monoisotopic (exact) mass is 357 g/mol. The molecule has 0 radical (unpaired) electrons. The summed E-state index contributed by atoms with van der Waals surface area (Å²) in [6.45, 7) is 3.74. The summed E-state index contributed by atoms with van der Waals surface area (Å²) < 4.78 is 26.5. The molecule has 0 fully saturated rings. The molecule has 0 saturated carbocycles. The molecule has 2 amide bonds. The van der Waals surface area contributed by atoms with Gasteiger partial charge in [0.25, 0.3) is 5.91 Å². The summed E-state index contributed by atoms with van der Waals surface area (Å²) in [5.41, 5.74) is 2.53. The van der Waals surface area contributed by atoms with E-state index in [0.717, 1.165) is 23.3 Å². The number of hydrazone groups is 1. The van der Waals surface area contributed by atoms with E-state index in [1.54, 1.807) is 0 Å². The first kappa shape index (κ1) is 17.7. The van der Waals surface area contributed by atoms with Gasteiger partial charge in [-0.15, -0.1) is 0 Å². The zero-order valence-electron chi connectivity index (χ0n) is 14.3. The van der Waals surface area contributed by atoms with E-state index in [4.69, 9.17) is 0 Å². The maximum Gasteiger partial charge on any atom is 0.271 e. The summed E-state index contributed by atoms with van der Waals surface area (Å²) in [6, 6.07) is 8.35. The van der Waals surface area contributed by atoms with Crippen molar-refractivity contribution in [2.45, 2.75) is 26.7 Å². The van der Waals surface area contributed by atoms with Crippen LogP contribution < -0.4 is 10.3 Å². The molecule has 5 nitrogen and oxygen atoms in total. The Morgan fingerprint density at radius 2 is 1.77 bits per heavy atom. The summed E-state index contributed by atoms with van der Waals surface area (Å²) in [4.78, 5) is 24.7. The average Bonchev–Trinajstić information content (AvgIpc) is 2.56. The molecule has 134 valence electrons. The molecule has 0 atom stereocenters. The van der Waals surface area contributed by atoms with Gasteiger partial charge in [-0.2, -0.15) is 5.10 Å². The van der Waals surface area contributed by atoms with Crippen molar-refractivity contribution in [1.82, 2.24) is 0 Å². The Hall–Kier alpha value is -3.09. The smallest absolute Gasteiger partial charge is 0.271 e. The van der Waals surface area contributed by atoms with E-state index in [0.29, 0.717) is 11.8 Å². The van der Waals surface area contributed by atoms with E-state index in [-0.39, 0.29) is 30.1 Å². The molecule has 2 aromatic carbocycles. The predicted octanol–water partition coefficient (Wildman–Crippen LogP) is 3.70. The van der Waals surface area contributed by atoms with Gasteiger partial charge in [0.2, 0.25) is 5.91 Å². The van der Waals surface area contributed by atoms with Crippen LogP contribution in [0.5, 0.6) is 0 Å². The standard InChI is InChI=1S/C19H17F2N3O2/c1-11-3-4-12(2)17(7-11)24-18(25)6-5-16(23-24)19(26)22-15-9-13(20)8-14(21)10-15/h3-4,7-10H,5-6H2,1-2H3,(H,22,26).